The second-order valence-electron chi connectivity index (χ2n) is 5.81. The number of aromatic nitrogens is 5. The van der Waals surface area contributed by atoms with E-state index in [-0.39, 0.29) is 11.9 Å². The molecule has 0 unspecified atom stereocenters. The lowest BCUT2D eigenvalue weighted by atomic mass is 10.2. The molecule has 3 heterocycles. The van der Waals surface area contributed by atoms with E-state index in [0.717, 1.165) is 17.7 Å². The van der Waals surface area contributed by atoms with Gasteiger partial charge in [-0.1, -0.05) is 0 Å². The van der Waals surface area contributed by atoms with Crippen LogP contribution < -0.4 is 5.32 Å². The Morgan fingerprint density at radius 2 is 2.33 bits per heavy atom. The normalized spacial score (nSPS) is 15.4. The van der Waals surface area contributed by atoms with Crippen molar-refractivity contribution < 1.29 is 9.21 Å². The Morgan fingerprint density at radius 1 is 1.50 bits per heavy atom. The van der Waals surface area contributed by atoms with Crippen LogP contribution in [0.5, 0.6) is 0 Å². The summed E-state index contributed by atoms with van der Waals surface area (Å²) in [5.41, 5.74) is 0.406. The number of tetrazole rings is 1. The van der Waals surface area contributed by atoms with E-state index in [4.69, 9.17) is 4.42 Å². The Morgan fingerprint density at radius 3 is 3.04 bits per heavy atom. The van der Waals surface area contributed by atoms with Crippen molar-refractivity contribution in [1.82, 2.24) is 30.5 Å². The van der Waals surface area contributed by atoms with Crippen LogP contribution in [0.1, 0.15) is 53.0 Å². The van der Waals surface area contributed by atoms with Crippen LogP contribution in [0, 0.1) is 6.92 Å². The molecule has 1 atom stereocenters. The van der Waals surface area contributed by atoms with E-state index in [1.165, 1.54) is 11.3 Å². The summed E-state index contributed by atoms with van der Waals surface area (Å²) in [4.78, 5) is 17.8. The van der Waals surface area contributed by atoms with Crippen molar-refractivity contribution in [1.29, 1.82) is 0 Å². The van der Waals surface area contributed by atoms with E-state index in [2.05, 4.69) is 25.8 Å². The smallest absolute Gasteiger partial charge is 0.271 e. The van der Waals surface area contributed by atoms with Crippen molar-refractivity contribution in [3.63, 3.8) is 0 Å². The maximum atomic E-state index is 12.6. The van der Waals surface area contributed by atoms with Crippen molar-refractivity contribution in [3.8, 4) is 10.8 Å². The van der Waals surface area contributed by atoms with E-state index >= 15 is 0 Å². The first-order chi connectivity index (χ1) is 11.6. The zero-order valence-corrected chi connectivity index (χ0v) is 14.1. The summed E-state index contributed by atoms with van der Waals surface area (Å²) in [6.45, 7) is 3.75. The van der Waals surface area contributed by atoms with Gasteiger partial charge >= 0.3 is 0 Å². The van der Waals surface area contributed by atoms with Crippen molar-refractivity contribution in [2.75, 3.05) is 0 Å². The van der Waals surface area contributed by atoms with E-state index in [0.29, 0.717) is 28.3 Å². The molecule has 0 aliphatic heterocycles. The minimum absolute atomic E-state index is 0.237. The molecule has 0 saturated heterocycles. The molecule has 9 heteroatoms. The van der Waals surface area contributed by atoms with Gasteiger partial charge in [0.2, 0.25) is 0 Å². The van der Waals surface area contributed by atoms with Gasteiger partial charge in [-0.2, -0.15) is 0 Å². The minimum atomic E-state index is -0.290. The lowest BCUT2D eigenvalue weighted by Crippen LogP contribution is -2.29. The van der Waals surface area contributed by atoms with Crippen LogP contribution in [0.4, 0.5) is 0 Å². The topological polar surface area (TPSA) is 98.7 Å². The van der Waals surface area contributed by atoms with Gasteiger partial charge in [0.1, 0.15) is 5.69 Å². The zero-order valence-electron chi connectivity index (χ0n) is 13.3. The maximum absolute atomic E-state index is 12.6. The first-order valence-electron chi connectivity index (χ1n) is 7.73. The molecule has 3 aromatic rings. The summed E-state index contributed by atoms with van der Waals surface area (Å²) in [6, 6.07) is 3.69. The molecule has 0 spiro atoms. The van der Waals surface area contributed by atoms with Crippen LogP contribution in [0.25, 0.3) is 10.8 Å². The molecule has 1 amide bonds. The predicted molar refractivity (Wildman–Crippen MR) is 86.5 cm³/mol. The second kappa shape index (κ2) is 5.82. The van der Waals surface area contributed by atoms with Gasteiger partial charge in [0, 0.05) is 4.88 Å². The highest BCUT2D eigenvalue weighted by Crippen LogP contribution is 2.35. The summed E-state index contributed by atoms with van der Waals surface area (Å²) in [7, 11) is 0. The van der Waals surface area contributed by atoms with Gasteiger partial charge in [-0.15, -0.1) is 16.4 Å². The molecule has 4 rings (SSSR count). The number of rotatable bonds is 5. The van der Waals surface area contributed by atoms with E-state index in [1.807, 2.05) is 19.9 Å². The van der Waals surface area contributed by atoms with Crippen LogP contribution in [0.15, 0.2) is 22.8 Å². The largest absolute Gasteiger partial charge is 0.462 e. The molecule has 8 nitrogen and oxygen atoms in total. The third-order valence-electron chi connectivity index (χ3n) is 3.89. The van der Waals surface area contributed by atoms with Gasteiger partial charge < -0.3 is 9.73 Å². The Labute approximate surface area is 141 Å². The minimum Gasteiger partial charge on any atom is -0.462 e. The third kappa shape index (κ3) is 2.71. The standard InChI is InChI=1S/C15H16N6O2S/c1-8(13-18-19-20-21(13)10-5-6-10)16-14(22)12-9(2)24-15(17-12)11-4-3-7-23-11/h3-4,7-8,10H,5-6H2,1-2H3,(H,16,22)/t8-/m1/s1. The number of carbonyl (C=O) groups excluding carboxylic acids is 1. The molecular weight excluding hydrogens is 328 g/mol. The Balaban J connectivity index is 1.52. The number of furan rings is 1. The van der Waals surface area contributed by atoms with Crippen molar-refractivity contribution in [2.24, 2.45) is 0 Å². The monoisotopic (exact) mass is 344 g/mol. The zero-order chi connectivity index (χ0) is 16.7. The summed E-state index contributed by atoms with van der Waals surface area (Å²) >= 11 is 1.43. The Hall–Kier alpha value is -2.55. The molecule has 1 fully saturated rings. The van der Waals surface area contributed by atoms with Crippen LogP contribution in [0.3, 0.4) is 0 Å². The lowest BCUT2D eigenvalue weighted by Gasteiger charge is -2.12. The van der Waals surface area contributed by atoms with Crippen LogP contribution >= 0.6 is 11.3 Å². The first kappa shape index (κ1) is 15.0. The molecule has 0 bridgehead atoms. The van der Waals surface area contributed by atoms with Crippen molar-refractivity contribution in [3.05, 3.63) is 34.8 Å². The number of aryl methyl sites for hydroxylation is 1. The van der Waals surface area contributed by atoms with E-state index < -0.39 is 0 Å². The molecule has 1 aliphatic rings. The number of hydrogen-bond donors (Lipinski definition) is 1. The number of thiazole rings is 1. The Kier molecular flexibility index (Phi) is 3.64. The lowest BCUT2D eigenvalue weighted by molar-refractivity contribution is 0.0932. The van der Waals surface area contributed by atoms with Gasteiger partial charge in [-0.25, -0.2) is 9.67 Å². The molecule has 124 valence electrons. The summed E-state index contributed by atoms with van der Waals surface area (Å²) < 4.78 is 7.14. The molecule has 1 aliphatic carbocycles. The van der Waals surface area contributed by atoms with Crippen molar-refractivity contribution >= 4 is 17.2 Å². The van der Waals surface area contributed by atoms with Crippen LogP contribution in [-0.4, -0.2) is 31.1 Å². The average Bonchev–Trinajstić information content (AvgIpc) is 2.98. The van der Waals surface area contributed by atoms with Gasteiger partial charge in [0.05, 0.1) is 18.3 Å². The molecule has 0 aromatic carbocycles. The summed E-state index contributed by atoms with van der Waals surface area (Å²) in [5.74, 6) is 1.09. The average molecular weight is 344 g/mol. The Bertz CT molecular complexity index is 865. The molecule has 3 aromatic heterocycles. The van der Waals surface area contributed by atoms with Crippen molar-refractivity contribution in [2.45, 2.75) is 38.8 Å². The van der Waals surface area contributed by atoms with Crippen LogP contribution in [0.2, 0.25) is 0 Å². The second-order valence-corrected chi connectivity index (χ2v) is 7.01. The maximum Gasteiger partial charge on any atom is 0.271 e. The SMILES string of the molecule is Cc1sc(-c2ccco2)nc1C(=O)N[C@H](C)c1nnnn1C1CC1. The fourth-order valence-corrected chi connectivity index (χ4v) is 3.39. The first-order valence-corrected chi connectivity index (χ1v) is 8.55. The summed E-state index contributed by atoms with van der Waals surface area (Å²) in [5, 5.41) is 15.4. The fraction of sp³-hybridized carbons (Fsp3) is 0.400. The van der Waals surface area contributed by atoms with Gasteiger partial charge in [0.15, 0.2) is 16.6 Å². The number of nitrogens with zero attached hydrogens (tertiary/aromatic N) is 5. The van der Waals surface area contributed by atoms with Gasteiger partial charge in [-0.05, 0) is 49.2 Å². The molecular formula is C15H16N6O2S. The van der Waals surface area contributed by atoms with Gasteiger partial charge in [0.25, 0.3) is 5.91 Å². The predicted octanol–water partition coefficient (Wildman–Crippen LogP) is 2.52. The third-order valence-corrected chi connectivity index (χ3v) is 4.87. The number of nitrogens with one attached hydrogen (secondary N) is 1. The molecule has 1 saturated carbocycles. The highest BCUT2D eigenvalue weighted by molar-refractivity contribution is 7.15. The summed E-state index contributed by atoms with van der Waals surface area (Å²) in [6.07, 6.45) is 3.75. The quantitative estimate of drug-likeness (QED) is 0.763. The van der Waals surface area contributed by atoms with E-state index in [1.54, 1.807) is 17.0 Å². The molecule has 1 N–H and O–H groups in total. The van der Waals surface area contributed by atoms with Gasteiger partial charge in [-0.3, -0.25) is 4.79 Å². The fourth-order valence-electron chi connectivity index (χ4n) is 2.51. The highest BCUT2D eigenvalue weighted by atomic mass is 32.1. The molecule has 24 heavy (non-hydrogen) atoms. The highest BCUT2D eigenvalue weighted by Gasteiger charge is 2.30. The van der Waals surface area contributed by atoms with E-state index in [9.17, 15) is 4.79 Å². The van der Waals surface area contributed by atoms with Crippen LogP contribution in [-0.2, 0) is 0 Å². The molecule has 0 radical (unpaired) electrons. The number of carbonyl (C=O) groups is 1. The number of amides is 1. The number of hydrogen-bond acceptors (Lipinski definition) is 7.